The number of aromatic nitrogens is 2. The molecule has 2 aliphatic heterocycles. The lowest BCUT2D eigenvalue weighted by atomic mass is 9.82. The Morgan fingerprint density at radius 3 is 1.11 bits per heavy atom. The number of rotatable bonds is 36. The molecule has 0 N–H and O–H groups in total. The van der Waals surface area contributed by atoms with Crippen LogP contribution in [0.4, 0.5) is 28.9 Å². The number of hydrogen-bond acceptors (Lipinski definition) is 6. The van der Waals surface area contributed by atoms with E-state index in [1.54, 1.807) is 12.4 Å². The Kier molecular flexibility index (Phi) is 24.2. The number of halogens is 4. The third kappa shape index (κ3) is 15.6. The standard InChI is InChI=1S/C86H102B2F4N6S2/c1-9-13-17-21-23-27-37-59(35-25-19-15-11-3)55-63-39-33-53-93-81(63)95-83-77-78(80(97(83)87(89)90)76-52-50-74(100-76)62-46-48-68-66-42-30-32-44-70(66)86(7,8)72(68)58-62)84(96-82-64(40-34-54-94-82)56-60(36-26-20-16-12-4)38-28-24-22-18-14-10-2)98(88(91)92)79(77)75-51-49-73(99-75)61-45-47-67-65-41-29-31-43-69(65)85(5,6)71(67)57-61/h29-34,39-54,57-60H,9-28,35-38,55-56H2,1-8H3/b95-83-,96-84-. The first kappa shape index (κ1) is 72.6. The van der Waals surface area contributed by atoms with Gasteiger partial charge in [0.1, 0.15) is 11.7 Å². The molecule has 0 fully saturated rings. The summed E-state index contributed by atoms with van der Waals surface area (Å²) in [5.41, 5.74) is 13.2. The van der Waals surface area contributed by atoms with Gasteiger partial charge in [0.05, 0.1) is 32.3 Å². The van der Waals surface area contributed by atoms with E-state index >= 15 is 17.3 Å². The summed E-state index contributed by atoms with van der Waals surface area (Å²) >= 11 is 2.77. The van der Waals surface area contributed by atoms with Crippen molar-refractivity contribution >= 4 is 72.2 Å². The topological polar surface area (TPSA) is 57.0 Å². The normalized spacial score (nSPS) is 16.2. The van der Waals surface area contributed by atoms with Crippen molar-refractivity contribution in [3.8, 4) is 43.1 Å². The molecule has 4 aromatic carbocycles. The van der Waals surface area contributed by atoms with Gasteiger partial charge in [0.2, 0.25) is 0 Å². The van der Waals surface area contributed by atoms with E-state index < -0.39 is 14.8 Å². The van der Waals surface area contributed by atoms with Crippen molar-refractivity contribution in [3.63, 3.8) is 0 Å². The zero-order chi connectivity index (χ0) is 69.9. The molecular weight excluding hydrogens is 1280 g/mol. The highest BCUT2D eigenvalue weighted by atomic mass is 32.1. The SMILES string of the molecule is CCCCCCCCC(CCCCCC)Cc1cccnc1/N=C1/C2=C(c3ccc(-c4ccc5c(c4)C(C)(C)c4ccccc4-5)s3)N(B(F)F)/C(=N\c3ncccc3CC(CCCCCC)CCCCCCCC)C2=C(c2ccc(-c3ccc4c(c3)C(C)(C)c3ccccc3-4)s2)N1B(F)F. The molecule has 12 rings (SSSR count). The van der Waals surface area contributed by atoms with Crippen LogP contribution in [0.1, 0.15) is 253 Å². The van der Waals surface area contributed by atoms with E-state index in [2.05, 4.69) is 140 Å². The lowest BCUT2D eigenvalue weighted by Crippen LogP contribution is -2.38. The molecule has 0 saturated heterocycles. The number of hydrogen-bond donors (Lipinski definition) is 0. The first-order valence-corrected chi connectivity index (χ1v) is 39.7. The fourth-order valence-electron chi connectivity index (χ4n) is 16.5. The van der Waals surface area contributed by atoms with Crippen LogP contribution >= 0.6 is 22.7 Å². The number of pyridine rings is 2. The van der Waals surface area contributed by atoms with Crippen LogP contribution in [0, 0.1) is 11.8 Å². The lowest BCUT2D eigenvalue weighted by Gasteiger charge is -2.25. The van der Waals surface area contributed by atoms with Crippen LogP contribution in [-0.2, 0) is 23.7 Å². The molecule has 6 heterocycles. The van der Waals surface area contributed by atoms with Gasteiger partial charge in [0.25, 0.3) is 0 Å². The third-order valence-corrected chi connectivity index (χ3v) is 24.2. The van der Waals surface area contributed by atoms with E-state index in [0.29, 0.717) is 46.1 Å². The van der Waals surface area contributed by atoms with Gasteiger partial charge in [-0.05, 0) is 140 Å². The molecule has 14 heteroatoms. The minimum Gasteiger partial charge on any atom is -0.308 e. The van der Waals surface area contributed by atoms with Gasteiger partial charge in [-0.2, -0.15) is 0 Å². The fraction of sp³-hybridized carbons (Fsp3) is 0.442. The molecule has 4 aliphatic rings. The molecule has 0 radical (unpaired) electrons. The second-order valence-corrected chi connectivity index (χ2v) is 31.9. The average molecular weight is 1380 g/mol. The summed E-state index contributed by atoms with van der Waals surface area (Å²) in [6.07, 6.45) is 32.3. The maximum absolute atomic E-state index is 17.5. The smallest absolute Gasteiger partial charge is 0.308 e. The molecule has 0 bridgehead atoms. The predicted molar refractivity (Wildman–Crippen MR) is 419 cm³/mol. The Balaban J connectivity index is 1.05. The van der Waals surface area contributed by atoms with E-state index in [0.717, 1.165) is 119 Å². The van der Waals surface area contributed by atoms with Crippen molar-refractivity contribution < 1.29 is 17.3 Å². The number of fused-ring (bicyclic) bond motifs is 7. The van der Waals surface area contributed by atoms with Crippen molar-refractivity contribution in [2.45, 2.75) is 233 Å². The summed E-state index contributed by atoms with van der Waals surface area (Å²) in [4.78, 5) is 25.5. The van der Waals surface area contributed by atoms with Crippen LogP contribution in [0.5, 0.6) is 0 Å². The van der Waals surface area contributed by atoms with Crippen molar-refractivity contribution in [1.29, 1.82) is 0 Å². The van der Waals surface area contributed by atoms with Gasteiger partial charge in [0, 0.05) is 33.0 Å². The summed E-state index contributed by atoms with van der Waals surface area (Å²) in [6, 6.07) is 45.9. The van der Waals surface area contributed by atoms with Crippen LogP contribution in [-0.4, -0.2) is 46.1 Å². The van der Waals surface area contributed by atoms with Gasteiger partial charge in [-0.25, -0.2) is 20.0 Å². The molecular formula is C86H102B2F4N6S2. The van der Waals surface area contributed by atoms with E-state index in [1.165, 1.54) is 144 Å². The summed E-state index contributed by atoms with van der Waals surface area (Å²) in [6.45, 7) is 18.0. The van der Waals surface area contributed by atoms with Crippen LogP contribution in [0.2, 0.25) is 0 Å². The highest BCUT2D eigenvalue weighted by Gasteiger charge is 2.54. The predicted octanol–water partition coefficient (Wildman–Crippen LogP) is 26.4. The molecule has 100 heavy (non-hydrogen) atoms. The van der Waals surface area contributed by atoms with Crippen LogP contribution in [0.25, 0.3) is 54.5 Å². The minimum atomic E-state index is -3.17. The van der Waals surface area contributed by atoms with Crippen molar-refractivity contribution in [3.05, 3.63) is 200 Å². The lowest BCUT2D eigenvalue weighted by molar-refractivity contribution is 0.402. The van der Waals surface area contributed by atoms with Gasteiger partial charge in [-0.1, -0.05) is 294 Å². The quantitative estimate of drug-likeness (QED) is 0.0223. The highest BCUT2D eigenvalue weighted by molar-refractivity contribution is 7.17. The Morgan fingerprint density at radius 1 is 0.390 bits per heavy atom. The Labute approximate surface area is 603 Å². The second-order valence-electron chi connectivity index (χ2n) is 29.7. The average Bonchev–Trinajstić information content (AvgIpc) is 1.54. The molecule has 0 amide bonds. The van der Waals surface area contributed by atoms with Crippen molar-refractivity contribution in [1.82, 2.24) is 19.6 Å². The first-order chi connectivity index (χ1) is 48.7. The maximum atomic E-state index is 17.5. The number of aliphatic imine (C=N–C) groups is 2. The molecule has 0 saturated carbocycles. The molecule has 522 valence electrons. The molecule has 6 nitrogen and oxygen atoms in total. The minimum absolute atomic E-state index is 0.0780. The number of unbranched alkanes of at least 4 members (excludes halogenated alkanes) is 16. The van der Waals surface area contributed by atoms with Gasteiger partial charge in [-0.15, -0.1) is 22.7 Å². The molecule has 2 aliphatic carbocycles. The van der Waals surface area contributed by atoms with Crippen LogP contribution in [0.3, 0.4) is 0 Å². The summed E-state index contributed by atoms with van der Waals surface area (Å²) in [5, 5.41) is 0. The molecule has 2 atom stereocenters. The molecule has 0 spiro atoms. The Morgan fingerprint density at radius 2 is 0.730 bits per heavy atom. The molecule has 8 aromatic rings. The summed E-state index contributed by atoms with van der Waals surface area (Å²) in [5.74, 6) is 1.01. The zero-order valence-electron chi connectivity index (χ0n) is 60.6. The van der Waals surface area contributed by atoms with Gasteiger partial charge in [0.15, 0.2) is 11.6 Å². The summed E-state index contributed by atoms with van der Waals surface area (Å²) in [7, 11) is -6.34. The third-order valence-electron chi connectivity index (χ3n) is 22.0. The van der Waals surface area contributed by atoms with E-state index in [1.807, 2.05) is 48.5 Å². The van der Waals surface area contributed by atoms with E-state index in [-0.39, 0.29) is 45.0 Å². The van der Waals surface area contributed by atoms with E-state index in [9.17, 15) is 0 Å². The first-order valence-electron chi connectivity index (χ1n) is 38.1. The molecule has 4 aromatic heterocycles. The highest BCUT2D eigenvalue weighted by Crippen LogP contribution is 2.56. The van der Waals surface area contributed by atoms with Gasteiger partial charge in [-0.3, -0.25) is 17.3 Å². The molecule has 2 unspecified atom stereocenters. The number of nitrogens with zero attached hydrogens (tertiary/aromatic N) is 6. The Hall–Kier alpha value is -7.15. The van der Waals surface area contributed by atoms with Crippen LogP contribution in [0.15, 0.2) is 167 Å². The fourth-order valence-corrected chi connectivity index (χ4v) is 18.6. The largest absolute Gasteiger partial charge is 0.679 e. The van der Waals surface area contributed by atoms with Crippen LogP contribution < -0.4 is 0 Å². The van der Waals surface area contributed by atoms with Crippen molar-refractivity contribution in [2.75, 3.05) is 0 Å². The Bertz CT molecular complexity index is 3980. The number of amidine groups is 2. The van der Waals surface area contributed by atoms with Gasteiger partial charge >= 0.3 is 14.8 Å². The van der Waals surface area contributed by atoms with E-state index in [4.69, 9.17) is 20.0 Å². The van der Waals surface area contributed by atoms with Crippen molar-refractivity contribution in [2.24, 2.45) is 21.8 Å². The summed E-state index contributed by atoms with van der Waals surface area (Å²) < 4.78 is 70.1. The maximum Gasteiger partial charge on any atom is 0.679 e. The number of thiophene rings is 2. The monoisotopic (exact) mass is 1380 g/mol. The van der Waals surface area contributed by atoms with Gasteiger partial charge < -0.3 is 9.62 Å². The second kappa shape index (κ2) is 33.3. The zero-order valence-corrected chi connectivity index (χ0v) is 62.2. The number of benzene rings is 4.